The van der Waals surface area contributed by atoms with E-state index in [1.54, 1.807) is 0 Å². The molecule has 0 bridgehead atoms. The standard InChI is InChI=1S/C13H26N2O4/c1-5-9(2)6-10(3)15-12(18)14-8-13(4,19)7-11(16)17/h9-10,19H,5-8H2,1-4H3,(H,16,17)(H2,14,15,18). The molecule has 2 amide bonds. The molecule has 3 atom stereocenters. The Hall–Kier alpha value is -1.30. The largest absolute Gasteiger partial charge is 0.481 e. The number of carbonyl (C=O) groups excluding carboxylic acids is 1. The summed E-state index contributed by atoms with van der Waals surface area (Å²) in [6.45, 7) is 7.42. The normalized spacial score (nSPS) is 17.1. The predicted molar refractivity (Wildman–Crippen MR) is 72.9 cm³/mol. The molecule has 6 nitrogen and oxygen atoms in total. The van der Waals surface area contributed by atoms with E-state index in [9.17, 15) is 14.7 Å². The van der Waals surface area contributed by atoms with Gasteiger partial charge in [-0.3, -0.25) is 4.79 Å². The lowest BCUT2D eigenvalue weighted by Gasteiger charge is -2.23. The van der Waals surface area contributed by atoms with Crippen molar-refractivity contribution < 1.29 is 19.8 Å². The van der Waals surface area contributed by atoms with E-state index in [-0.39, 0.29) is 18.6 Å². The van der Waals surface area contributed by atoms with Gasteiger partial charge in [-0.25, -0.2) is 4.79 Å². The van der Waals surface area contributed by atoms with Gasteiger partial charge in [0.1, 0.15) is 0 Å². The van der Waals surface area contributed by atoms with Crippen LogP contribution in [0.5, 0.6) is 0 Å². The quantitative estimate of drug-likeness (QED) is 0.536. The van der Waals surface area contributed by atoms with Crippen molar-refractivity contribution in [3.63, 3.8) is 0 Å². The first kappa shape index (κ1) is 17.7. The molecule has 0 aliphatic rings. The van der Waals surface area contributed by atoms with Crippen molar-refractivity contribution in [3.05, 3.63) is 0 Å². The highest BCUT2D eigenvalue weighted by molar-refractivity contribution is 5.74. The maximum atomic E-state index is 11.6. The van der Waals surface area contributed by atoms with Crippen LogP contribution in [0.4, 0.5) is 4.79 Å². The molecule has 0 aromatic rings. The maximum absolute atomic E-state index is 11.6. The summed E-state index contributed by atoms with van der Waals surface area (Å²) < 4.78 is 0. The molecule has 0 saturated heterocycles. The third kappa shape index (κ3) is 9.30. The van der Waals surface area contributed by atoms with Gasteiger partial charge in [-0.15, -0.1) is 0 Å². The summed E-state index contributed by atoms with van der Waals surface area (Å²) in [5, 5.41) is 23.6. The number of rotatable bonds is 8. The number of urea groups is 1. The predicted octanol–water partition coefficient (Wildman–Crippen LogP) is 1.34. The van der Waals surface area contributed by atoms with Crippen LogP contribution in [-0.2, 0) is 4.79 Å². The van der Waals surface area contributed by atoms with Gasteiger partial charge in [-0.2, -0.15) is 0 Å². The zero-order valence-electron chi connectivity index (χ0n) is 12.2. The van der Waals surface area contributed by atoms with Gasteiger partial charge in [0.2, 0.25) is 0 Å². The zero-order valence-corrected chi connectivity index (χ0v) is 12.2. The Balaban J connectivity index is 4.01. The molecule has 0 spiro atoms. The Morgan fingerprint density at radius 2 is 1.89 bits per heavy atom. The summed E-state index contributed by atoms with van der Waals surface area (Å²) in [5.74, 6) is -0.567. The van der Waals surface area contributed by atoms with Gasteiger partial charge >= 0.3 is 12.0 Å². The Kier molecular flexibility index (Phi) is 7.44. The first-order valence-corrected chi connectivity index (χ1v) is 6.64. The van der Waals surface area contributed by atoms with Gasteiger partial charge in [0.25, 0.3) is 0 Å². The number of amides is 2. The van der Waals surface area contributed by atoms with Gasteiger partial charge in [0.05, 0.1) is 12.0 Å². The van der Waals surface area contributed by atoms with E-state index < -0.39 is 18.0 Å². The van der Waals surface area contributed by atoms with Crippen LogP contribution in [0.3, 0.4) is 0 Å². The summed E-state index contributed by atoms with van der Waals surface area (Å²) in [4.78, 5) is 22.1. The van der Waals surface area contributed by atoms with Crippen molar-refractivity contribution in [2.75, 3.05) is 6.54 Å². The van der Waals surface area contributed by atoms with Crippen molar-refractivity contribution in [3.8, 4) is 0 Å². The van der Waals surface area contributed by atoms with E-state index in [2.05, 4.69) is 24.5 Å². The van der Waals surface area contributed by atoms with Crippen LogP contribution < -0.4 is 10.6 Å². The first-order valence-electron chi connectivity index (χ1n) is 6.64. The molecule has 0 aliphatic heterocycles. The van der Waals surface area contributed by atoms with Crippen molar-refractivity contribution in [1.29, 1.82) is 0 Å². The van der Waals surface area contributed by atoms with Gasteiger partial charge in [0, 0.05) is 12.6 Å². The minimum Gasteiger partial charge on any atom is -0.481 e. The van der Waals surface area contributed by atoms with E-state index in [0.29, 0.717) is 5.92 Å². The number of aliphatic carboxylic acids is 1. The number of hydrogen-bond acceptors (Lipinski definition) is 3. The van der Waals surface area contributed by atoms with Crippen LogP contribution in [-0.4, -0.2) is 40.4 Å². The molecule has 4 N–H and O–H groups in total. The lowest BCUT2D eigenvalue weighted by atomic mass is 10.0. The SMILES string of the molecule is CCC(C)CC(C)NC(=O)NCC(C)(O)CC(=O)O. The Morgan fingerprint density at radius 3 is 2.37 bits per heavy atom. The van der Waals surface area contributed by atoms with E-state index >= 15 is 0 Å². The average molecular weight is 274 g/mol. The summed E-state index contributed by atoms with van der Waals surface area (Å²) in [5.41, 5.74) is -1.44. The average Bonchev–Trinajstić information content (AvgIpc) is 2.24. The van der Waals surface area contributed by atoms with Crippen LogP contribution in [0.2, 0.25) is 0 Å². The number of hydrogen-bond donors (Lipinski definition) is 4. The van der Waals surface area contributed by atoms with E-state index in [1.807, 2.05) is 6.92 Å². The molecule has 6 heteroatoms. The molecule has 0 saturated carbocycles. The fraction of sp³-hybridized carbons (Fsp3) is 0.846. The minimum atomic E-state index is -1.44. The van der Waals surface area contributed by atoms with E-state index in [0.717, 1.165) is 12.8 Å². The molecule has 0 radical (unpaired) electrons. The summed E-state index contributed by atoms with van der Waals surface area (Å²) in [7, 11) is 0. The molecule has 112 valence electrons. The molecular formula is C13H26N2O4. The molecule has 0 aromatic heterocycles. The van der Waals surface area contributed by atoms with Gasteiger partial charge in [-0.05, 0) is 26.2 Å². The number of carboxylic acid groups (broad SMARTS) is 1. The summed E-state index contributed by atoms with van der Waals surface area (Å²) in [6, 6.07) is -0.346. The van der Waals surface area contributed by atoms with Crippen LogP contribution >= 0.6 is 0 Å². The molecule has 0 fully saturated rings. The molecule has 0 aromatic carbocycles. The molecule has 0 rings (SSSR count). The highest BCUT2D eigenvalue weighted by atomic mass is 16.4. The summed E-state index contributed by atoms with van der Waals surface area (Å²) >= 11 is 0. The molecule has 3 unspecified atom stereocenters. The fourth-order valence-corrected chi connectivity index (χ4v) is 1.76. The van der Waals surface area contributed by atoms with Gasteiger partial charge in [0.15, 0.2) is 0 Å². The number of carbonyl (C=O) groups is 2. The molecular weight excluding hydrogens is 248 g/mol. The van der Waals surface area contributed by atoms with Crippen molar-refractivity contribution in [2.24, 2.45) is 5.92 Å². The summed E-state index contributed by atoms with van der Waals surface area (Å²) in [6.07, 6.45) is 1.53. The fourth-order valence-electron chi connectivity index (χ4n) is 1.76. The lowest BCUT2D eigenvalue weighted by Crippen LogP contribution is -2.48. The highest BCUT2D eigenvalue weighted by Crippen LogP contribution is 2.09. The number of aliphatic hydroxyl groups is 1. The molecule has 19 heavy (non-hydrogen) atoms. The second kappa shape index (κ2) is 7.99. The molecule has 0 aliphatic carbocycles. The molecule has 0 heterocycles. The van der Waals surface area contributed by atoms with Crippen LogP contribution in [0.25, 0.3) is 0 Å². The highest BCUT2D eigenvalue weighted by Gasteiger charge is 2.25. The Labute approximate surface area is 114 Å². The zero-order chi connectivity index (χ0) is 15.1. The van der Waals surface area contributed by atoms with Gasteiger partial charge in [-0.1, -0.05) is 20.3 Å². The first-order chi connectivity index (χ1) is 8.66. The number of nitrogens with one attached hydrogen (secondary N) is 2. The van der Waals surface area contributed by atoms with Crippen molar-refractivity contribution in [1.82, 2.24) is 10.6 Å². The number of carboxylic acids is 1. The monoisotopic (exact) mass is 274 g/mol. The van der Waals surface area contributed by atoms with Crippen molar-refractivity contribution in [2.45, 2.75) is 58.6 Å². The van der Waals surface area contributed by atoms with Crippen molar-refractivity contribution >= 4 is 12.0 Å². The lowest BCUT2D eigenvalue weighted by molar-refractivity contribution is -0.141. The maximum Gasteiger partial charge on any atom is 0.315 e. The van der Waals surface area contributed by atoms with E-state index in [4.69, 9.17) is 5.11 Å². The van der Waals surface area contributed by atoms with E-state index in [1.165, 1.54) is 6.92 Å². The van der Waals surface area contributed by atoms with Crippen LogP contribution in [0.1, 0.15) is 47.0 Å². The van der Waals surface area contributed by atoms with Crippen LogP contribution in [0, 0.1) is 5.92 Å². The van der Waals surface area contributed by atoms with Crippen LogP contribution in [0.15, 0.2) is 0 Å². The second-order valence-corrected chi connectivity index (χ2v) is 5.54. The van der Waals surface area contributed by atoms with Gasteiger partial charge < -0.3 is 20.8 Å². The second-order valence-electron chi connectivity index (χ2n) is 5.54. The third-order valence-electron chi connectivity index (χ3n) is 2.99. The Morgan fingerprint density at radius 1 is 1.32 bits per heavy atom. The Bertz CT molecular complexity index is 305. The third-order valence-corrected chi connectivity index (χ3v) is 2.99. The topological polar surface area (TPSA) is 98.7 Å². The minimum absolute atomic E-state index is 0.0411. The smallest absolute Gasteiger partial charge is 0.315 e.